The number of amides is 1. The maximum absolute atomic E-state index is 13.4. The summed E-state index contributed by atoms with van der Waals surface area (Å²) in [7, 11) is 1.67. The minimum atomic E-state index is -0.687. The average molecular weight is 421 g/mol. The van der Waals surface area contributed by atoms with Gasteiger partial charge in [-0.1, -0.05) is 41.9 Å². The summed E-state index contributed by atoms with van der Waals surface area (Å²) in [6.45, 7) is 0.299. The van der Waals surface area contributed by atoms with Gasteiger partial charge in [-0.15, -0.1) is 0 Å². The van der Waals surface area contributed by atoms with Gasteiger partial charge in [0.15, 0.2) is 0 Å². The van der Waals surface area contributed by atoms with Crippen LogP contribution in [0.4, 0.5) is 4.39 Å². The van der Waals surface area contributed by atoms with Gasteiger partial charge in [-0.3, -0.25) is 4.79 Å². The second-order valence-corrected chi connectivity index (χ2v) is 7.25. The van der Waals surface area contributed by atoms with Gasteiger partial charge in [-0.2, -0.15) is 9.49 Å². The molecule has 0 bridgehead atoms. The van der Waals surface area contributed by atoms with Gasteiger partial charge in [0.2, 0.25) is 5.95 Å². The highest BCUT2D eigenvalue weighted by atomic mass is 35.5. The molecule has 2 aromatic carbocycles. The van der Waals surface area contributed by atoms with Crippen LogP contribution in [0.15, 0.2) is 79.1 Å². The summed E-state index contributed by atoms with van der Waals surface area (Å²) < 4.78 is 15.2. The van der Waals surface area contributed by atoms with Crippen molar-refractivity contribution in [1.29, 1.82) is 0 Å². The Kier molecular flexibility index (Phi) is 5.59. The largest absolute Gasteiger partial charge is 0.337 e. The molecule has 5 nitrogen and oxygen atoms in total. The first-order chi connectivity index (χ1) is 14.5. The Morgan fingerprint density at radius 1 is 1.10 bits per heavy atom. The topological polar surface area (TPSA) is 51.0 Å². The number of halogens is 2. The molecule has 30 heavy (non-hydrogen) atoms. The molecule has 0 saturated heterocycles. The van der Waals surface area contributed by atoms with Crippen molar-refractivity contribution in [3.8, 4) is 16.9 Å². The molecule has 4 rings (SSSR count). The smallest absolute Gasteiger partial charge is 0.254 e. The molecule has 2 aromatic heterocycles. The van der Waals surface area contributed by atoms with Crippen LogP contribution in [0, 0.1) is 5.95 Å². The van der Waals surface area contributed by atoms with Crippen molar-refractivity contribution in [2.75, 3.05) is 7.05 Å². The Balaban J connectivity index is 1.69. The van der Waals surface area contributed by atoms with Crippen LogP contribution in [0.2, 0.25) is 5.02 Å². The fourth-order valence-corrected chi connectivity index (χ4v) is 3.30. The second-order valence-electron chi connectivity index (χ2n) is 6.82. The molecule has 2 heterocycles. The lowest BCUT2D eigenvalue weighted by Gasteiger charge is -2.17. The Morgan fingerprint density at radius 3 is 2.53 bits per heavy atom. The molecule has 0 saturated carbocycles. The summed E-state index contributed by atoms with van der Waals surface area (Å²) in [5.41, 5.74) is 3.64. The van der Waals surface area contributed by atoms with Crippen LogP contribution in [0.3, 0.4) is 0 Å². The minimum Gasteiger partial charge on any atom is -0.337 e. The van der Waals surface area contributed by atoms with E-state index >= 15 is 0 Å². The molecular formula is C23H18ClFN4O. The number of pyridine rings is 1. The maximum Gasteiger partial charge on any atom is 0.254 e. The normalized spacial score (nSPS) is 10.8. The second kappa shape index (κ2) is 8.47. The van der Waals surface area contributed by atoms with Crippen LogP contribution in [0.5, 0.6) is 0 Å². The summed E-state index contributed by atoms with van der Waals surface area (Å²) in [5.74, 6) is -0.987. The summed E-state index contributed by atoms with van der Waals surface area (Å²) >= 11 is 6.03. The lowest BCUT2D eigenvalue weighted by atomic mass is 10.1. The number of rotatable bonds is 5. The molecule has 0 spiro atoms. The van der Waals surface area contributed by atoms with Crippen LogP contribution in [-0.2, 0) is 6.54 Å². The van der Waals surface area contributed by atoms with Crippen molar-refractivity contribution in [2.24, 2.45) is 0 Å². The Bertz CT molecular complexity index is 1180. The molecule has 0 radical (unpaired) electrons. The highest BCUT2D eigenvalue weighted by Gasteiger charge is 2.18. The SMILES string of the molecule is CN(Cc1cn(-c2ccccc2)nc1-c1ccc(Cl)cc1)C(=O)c1ccnc(F)c1. The van der Waals surface area contributed by atoms with E-state index in [4.69, 9.17) is 16.7 Å². The van der Waals surface area contributed by atoms with E-state index in [1.165, 1.54) is 17.2 Å². The molecule has 1 amide bonds. The molecule has 0 fully saturated rings. The van der Waals surface area contributed by atoms with Gasteiger partial charge < -0.3 is 4.90 Å². The fraction of sp³-hybridized carbons (Fsp3) is 0.0870. The van der Waals surface area contributed by atoms with E-state index in [1.807, 2.05) is 48.7 Å². The van der Waals surface area contributed by atoms with Crippen LogP contribution >= 0.6 is 11.6 Å². The quantitative estimate of drug-likeness (QED) is 0.427. The van der Waals surface area contributed by atoms with E-state index in [9.17, 15) is 9.18 Å². The average Bonchev–Trinajstić information content (AvgIpc) is 3.18. The van der Waals surface area contributed by atoms with Gasteiger partial charge in [-0.25, -0.2) is 9.67 Å². The van der Waals surface area contributed by atoms with E-state index in [0.29, 0.717) is 11.6 Å². The van der Waals surface area contributed by atoms with Gasteiger partial charge in [0.05, 0.1) is 11.4 Å². The number of hydrogen-bond acceptors (Lipinski definition) is 3. The number of aromatic nitrogens is 3. The number of para-hydroxylation sites is 1. The summed E-state index contributed by atoms with van der Waals surface area (Å²) in [6.07, 6.45) is 3.18. The van der Waals surface area contributed by atoms with Crippen LogP contribution in [0.25, 0.3) is 16.9 Å². The van der Waals surface area contributed by atoms with E-state index < -0.39 is 5.95 Å². The van der Waals surface area contributed by atoms with Gasteiger partial charge in [-0.05, 0) is 30.3 Å². The van der Waals surface area contributed by atoms with Gasteiger partial charge in [0.25, 0.3) is 5.91 Å². The monoisotopic (exact) mass is 420 g/mol. The van der Waals surface area contributed by atoms with Crippen LogP contribution < -0.4 is 0 Å². The number of benzene rings is 2. The van der Waals surface area contributed by atoms with E-state index in [2.05, 4.69) is 4.98 Å². The van der Waals surface area contributed by atoms with E-state index in [-0.39, 0.29) is 11.5 Å². The molecule has 0 aliphatic rings. The Morgan fingerprint density at radius 2 is 1.83 bits per heavy atom. The van der Waals surface area contributed by atoms with Gasteiger partial charge >= 0.3 is 0 Å². The maximum atomic E-state index is 13.4. The summed E-state index contributed by atoms with van der Waals surface area (Å²) in [5, 5.41) is 5.38. The zero-order valence-corrected chi connectivity index (χ0v) is 16.9. The molecule has 0 N–H and O–H groups in total. The standard InChI is InChI=1S/C23H18ClFN4O/c1-28(23(30)17-11-12-26-21(25)13-17)14-18-15-29(20-5-3-2-4-6-20)27-22(18)16-7-9-19(24)10-8-16/h2-13,15H,14H2,1H3. The number of hydrogen-bond donors (Lipinski definition) is 0. The van der Waals surface area contributed by atoms with Crippen molar-refractivity contribution >= 4 is 17.5 Å². The van der Waals surface area contributed by atoms with Crippen LogP contribution in [-0.4, -0.2) is 32.6 Å². The van der Waals surface area contributed by atoms with Gasteiger partial charge in [0.1, 0.15) is 0 Å². The van der Waals surface area contributed by atoms with Gasteiger partial charge in [0, 0.05) is 53.8 Å². The van der Waals surface area contributed by atoms with Crippen molar-refractivity contribution < 1.29 is 9.18 Å². The first-order valence-electron chi connectivity index (χ1n) is 9.28. The van der Waals surface area contributed by atoms with E-state index in [1.54, 1.807) is 23.9 Å². The lowest BCUT2D eigenvalue weighted by Crippen LogP contribution is -2.26. The third kappa shape index (κ3) is 4.23. The van der Waals surface area contributed by atoms with Crippen molar-refractivity contribution in [3.63, 3.8) is 0 Å². The van der Waals surface area contributed by atoms with Crippen molar-refractivity contribution in [1.82, 2.24) is 19.7 Å². The van der Waals surface area contributed by atoms with Crippen LogP contribution in [0.1, 0.15) is 15.9 Å². The third-order valence-electron chi connectivity index (χ3n) is 4.66. The van der Waals surface area contributed by atoms with Crippen molar-refractivity contribution in [2.45, 2.75) is 6.54 Å². The molecule has 0 aliphatic carbocycles. The first-order valence-corrected chi connectivity index (χ1v) is 9.66. The number of carbonyl (C=O) groups excluding carboxylic acids is 1. The summed E-state index contributed by atoms with van der Waals surface area (Å²) in [6, 6.07) is 19.7. The molecule has 150 valence electrons. The molecular weight excluding hydrogens is 403 g/mol. The zero-order chi connectivity index (χ0) is 21.1. The minimum absolute atomic E-state index is 0.244. The predicted molar refractivity (Wildman–Crippen MR) is 114 cm³/mol. The third-order valence-corrected chi connectivity index (χ3v) is 4.91. The number of nitrogens with zero attached hydrogens (tertiary/aromatic N) is 4. The molecule has 0 aliphatic heterocycles. The fourth-order valence-electron chi connectivity index (χ4n) is 3.17. The molecule has 4 aromatic rings. The number of carbonyl (C=O) groups is 1. The molecule has 7 heteroatoms. The molecule has 0 unspecified atom stereocenters. The lowest BCUT2D eigenvalue weighted by molar-refractivity contribution is 0.0784. The van der Waals surface area contributed by atoms with E-state index in [0.717, 1.165) is 28.6 Å². The zero-order valence-electron chi connectivity index (χ0n) is 16.2. The predicted octanol–water partition coefficient (Wildman–Crippen LogP) is 5.00. The Hall–Kier alpha value is -3.51. The molecule has 0 atom stereocenters. The first kappa shape index (κ1) is 19.8. The highest BCUT2D eigenvalue weighted by molar-refractivity contribution is 6.30. The highest BCUT2D eigenvalue weighted by Crippen LogP contribution is 2.26. The van der Waals surface area contributed by atoms with Crippen molar-refractivity contribution in [3.05, 3.63) is 101 Å². The Labute approximate surface area is 178 Å². The summed E-state index contributed by atoms with van der Waals surface area (Å²) in [4.78, 5) is 17.8.